The quantitative estimate of drug-likeness (QED) is 0.126. The molecule has 23 rings (SSSR count). The first-order valence-electron chi connectivity index (χ1n) is 40.2. The van der Waals surface area contributed by atoms with E-state index in [2.05, 4.69) is 261 Å². The maximum Gasteiger partial charge on any atom is 0.164 e. The molecule has 10 heteroatoms. The standard InChI is InChI=1S/C55H33N3OS.C49H29N3OS/c1-3-14-34(15-4-1)38-30-39(43-23-13-25-47-46-24-12-22-42(51(46)60-52(43)47)36-16-5-2-6-17-36)32-40(31-38)54-56-53(37-28-29-45-44-21-9-10-27-49(44)59-50(45)33-37)57-55(58-54)48-26-11-19-35-18-7-8-20-41(35)48;1-3-13-30(14-4-1)36-20-11-21-39-40-22-12-23-41(46(40)54-45(36)39)42-28-34(27-32-17-7-8-18-35(32)42)49-51-47(31-15-5-2-6-16-31)50-48(52-49)33-25-26-38-37-19-9-10-24-43(37)53-44(38)29-33/h1-33H;1-29H/i;2D,5D,6D,15D,16D. The van der Waals surface area contributed by atoms with Crippen LogP contribution in [0.5, 0.6) is 0 Å². The fourth-order valence-corrected chi connectivity index (χ4v) is 18.9. The van der Waals surface area contributed by atoms with Crippen LogP contribution < -0.4 is 0 Å². The molecule has 0 amide bonds. The molecule has 114 heavy (non-hydrogen) atoms. The first kappa shape index (κ1) is 61.1. The van der Waals surface area contributed by atoms with Crippen molar-refractivity contribution in [3.05, 3.63) is 376 Å². The van der Waals surface area contributed by atoms with Gasteiger partial charge in [0.25, 0.3) is 0 Å². The minimum absolute atomic E-state index is 0.0264. The van der Waals surface area contributed by atoms with E-state index >= 15 is 0 Å². The maximum absolute atomic E-state index is 8.85. The van der Waals surface area contributed by atoms with Gasteiger partial charge in [-0.1, -0.05) is 309 Å². The van der Waals surface area contributed by atoms with Gasteiger partial charge in [0.1, 0.15) is 22.3 Å². The van der Waals surface area contributed by atoms with E-state index in [0.29, 0.717) is 40.0 Å². The second-order valence-electron chi connectivity index (χ2n) is 28.3. The fourth-order valence-electron chi connectivity index (χ4n) is 16.2. The van der Waals surface area contributed by atoms with E-state index in [0.717, 1.165) is 109 Å². The van der Waals surface area contributed by atoms with Crippen LogP contribution in [0.4, 0.5) is 0 Å². The molecule has 6 aromatic heterocycles. The minimum atomic E-state index is -0.487. The highest BCUT2D eigenvalue weighted by Crippen LogP contribution is 2.49. The first-order valence-corrected chi connectivity index (χ1v) is 39.3. The predicted octanol–water partition coefficient (Wildman–Crippen LogP) is 28.9. The minimum Gasteiger partial charge on any atom is -0.456 e. The topological polar surface area (TPSA) is 104 Å². The van der Waals surface area contributed by atoms with Crippen LogP contribution >= 0.6 is 22.7 Å². The van der Waals surface area contributed by atoms with Crippen LogP contribution in [-0.2, 0) is 0 Å². The number of hydrogen-bond acceptors (Lipinski definition) is 10. The molecule has 23 aromatic rings. The van der Waals surface area contributed by atoms with Crippen molar-refractivity contribution in [1.29, 1.82) is 0 Å². The van der Waals surface area contributed by atoms with E-state index < -0.39 is 30.2 Å². The van der Waals surface area contributed by atoms with E-state index in [9.17, 15) is 0 Å². The van der Waals surface area contributed by atoms with Gasteiger partial charge in [-0.15, -0.1) is 22.7 Å². The Bertz CT molecular complexity index is 8050. The van der Waals surface area contributed by atoms with Crippen molar-refractivity contribution < 1.29 is 15.7 Å². The molecule has 0 bridgehead atoms. The van der Waals surface area contributed by atoms with Crippen molar-refractivity contribution in [2.45, 2.75) is 0 Å². The zero-order valence-corrected chi connectivity index (χ0v) is 62.4. The lowest BCUT2D eigenvalue weighted by atomic mass is 9.94. The van der Waals surface area contributed by atoms with Crippen molar-refractivity contribution in [1.82, 2.24) is 29.9 Å². The molecule has 0 aliphatic heterocycles. The third kappa shape index (κ3) is 11.7. The molecule has 0 spiro atoms. The second kappa shape index (κ2) is 27.7. The molecule has 0 fully saturated rings. The number of nitrogens with zero attached hydrogens (tertiary/aromatic N) is 6. The van der Waals surface area contributed by atoms with E-state index in [-0.39, 0.29) is 17.2 Å². The molecule has 532 valence electrons. The highest BCUT2D eigenvalue weighted by molar-refractivity contribution is 7.27. The molecular weight excluding hydrogens is 1430 g/mol. The number of aromatic nitrogens is 6. The van der Waals surface area contributed by atoms with Gasteiger partial charge in [0.15, 0.2) is 34.9 Å². The van der Waals surface area contributed by atoms with Gasteiger partial charge in [-0.3, -0.25) is 0 Å². The largest absolute Gasteiger partial charge is 0.456 e. The van der Waals surface area contributed by atoms with Crippen LogP contribution in [0.25, 0.3) is 230 Å². The summed E-state index contributed by atoms with van der Waals surface area (Å²) in [5.41, 5.74) is 18.3. The Kier molecular flexibility index (Phi) is 14.9. The van der Waals surface area contributed by atoms with Crippen LogP contribution in [0.1, 0.15) is 6.85 Å². The Hall–Kier alpha value is -14.7. The molecule has 0 radical (unpaired) electrons. The van der Waals surface area contributed by atoms with Crippen LogP contribution in [-0.4, -0.2) is 29.9 Å². The molecule has 0 N–H and O–H groups in total. The number of hydrogen-bond donors (Lipinski definition) is 0. The molecule has 0 unspecified atom stereocenters. The summed E-state index contributed by atoms with van der Waals surface area (Å²) in [4.78, 5) is 30.6. The number of benzene rings is 17. The Morgan fingerprint density at radius 2 is 0.553 bits per heavy atom. The lowest BCUT2D eigenvalue weighted by Gasteiger charge is -2.13. The third-order valence-electron chi connectivity index (χ3n) is 21.5. The van der Waals surface area contributed by atoms with E-state index in [1.54, 1.807) is 11.3 Å². The van der Waals surface area contributed by atoms with Crippen LogP contribution in [0.15, 0.2) is 385 Å². The summed E-state index contributed by atoms with van der Waals surface area (Å²) in [7, 11) is 0. The smallest absolute Gasteiger partial charge is 0.164 e. The number of thiophene rings is 2. The zero-order chi connectivity index (χ0) is 79.5. The Labute approximate surface area is 669 Å². The summed E-state index contributed by atoms with van der Waals surface area (Å²) < 4.78 is 60.3. The van der Waals surface area contributed by atoms with Gasteiger partial charge in [-0.25, -0.2) is 29.9 Å². The summed E-state index contributed by atoms with van der Waals surface area (Å²) in [5, 5.41) is 13.2. The van der Waals surface area contributed by atoms with Crippen LogP contribution in [0, 0.1) is 0 Å². The Morgan fingerprint density at radius 1 is 0.193 bits per heavy atom. The second-order valence-corrected chi connectivity index (χ2v) is 30.4. The highest BCUT2D eigenvalue weighted by atomic mass is 32.1. The number of para-hydroxylation sites is 2. The average molecular weight is 1500 g/mol. The number of rotatable bonds is 11. The average Bonchev–Trinajstić information content (AvgIpc) is 1.62. The van der Waals surface area contributed by atoms with Gasteiger partial charge < -0.3 is 8.83 Å². The fraction of sp³-hybridized carbons (Fsp3) is 0. The number of furan rings is 2. The van der Waals surface area contributed by atoms with E-state index in [4.69, 9.17) is 45.6 Å². The predicted molar refractivity (Wildman–Crippen MR) is 475 cm³/mol. The van der Waals surface area contributed by atoms with Gasteiger partial charge in [-0.2, -0.15) is 0 Å². The molecule has 0 aliphatic carbocycles. The summed E-state index contributed by atoms with van der Waals surface area (Å²) in [6.07, 6.45) is 0. The zero-order valence-electron chi connectivity index (χ0n) is 65.7. The van der Waals surface area contributed by atoms with Crippen molar-refractivity contribution >= 4 is 128 Å². The van der Waals surface area contributed by atoms with Crippen molar-refractivity contribution in [3.8, 4) is 124 Å². The van der Waals surface area contributed by atoms with Gasteiger partial charge in [-0.05, 0) is 138 Å². The van der Waals surface area contributed by atoms with Crippen LogP contribution in [0.2, 0.25) is 0 Å². The normalized spacial score (nSPS) is 12.3. The summed E-state index contributed by atoms with van der Waals surface area (Å²) >= 11 is 3.64. The Balaban J connectivity index is 0.000000143. The molecule has 0 aliphatic rings. The van der Waals surface area contributed by atoms with Gasteiger partial charge >= 0.3 is 0 Å². The molecule has 0 saturated heterocycles. The van der Waals surface area contributed by atoms with Crippen molar-refractivity contribution in [2.75, 3.05) is 0 Å². The lowest BCUT2D eigenvalue weighted by molar-refractivity contribution is 0.668. The van der Waals surface area contributed by atoms with Gasteiger partial charge in [0.2, 0.25) is 0 Å². The van der Waals surface area contributed by atoms with E-state index in [1.165, 1.54) is 63.5 Å². The third-order valence-corrected chi connectivity index (χ3v) is 24.1. The summed E-state index contributed by atoms with van der Waals surface area (Å²) in [6, 6.07) is 118. The SMILES string of the molecule is [2H]c1c([2H])c([2H])c(-c2nc(-c3cc(-c4cccc5c4sc4c(-c6ccccc6)cccc45)c4ccccc4c3)nc(-c3ccc4c(c3)oc3ccccc34)n2)c([2H])c1[2H].c1ccc(-c2cc(-c3nc(-c4ccc5c(c4)oc4ccccc45)nc(-c4cccc5ccccc45)n3)cc(-c3cccc4c3sc3c(-c5ccccc5)cccc34)c2)cc1. The van der Waals surface area contributed by atoms with E-state index in [1.807, 2.05) is 96.3 Å². The molecule has 17 aromatic carbocycles. The van der Waals surface area contributed by atoms with Gasteiger partial charge in [0.05, 0.1) is 6.85 Å². The van der Waals surface area contributed by atoms with Gasteiger partial charge in [0, 0.05) is 101 Å². The molecular formula is C104H62N6O2S2. The first-order chi connectivity index (χ1) is 58.5. The highest BCUT2D eigenvalue weighted by Gasteiger charge is 2.24. The number of fused-ring (bicyclic) bond motifs is 14. The molecule has 6 heterocycles. The van der Waals surface area contributed by atoms with Crippen molar-refractivity contribution in [2.24, 2.45) is 0 Å². The summed E-state index contributed by atoms with van der Waals surface area (Å²) in [6.45, 7) is 0. The monoisotopic (exact) mass is 1500 g/mol. The Morgan fingerprint density at radius 3 is 1.10 bits per heavy atom. The van der Waals surface area contributed by atoms with Crippen molar-refractivity contribution in [3.63, 3.8) is 0 Å². The molecule has 0 atom stereocenters. The lowest BCUT2D eigenvalue weighted by Crippen LogP contribution is -2.01. The molecule has 8 nitrogen and oxygen atoms in total. The van der Waals surface area contributed by atoms with Crippen LogP contribution in [0.3, 0.4) is 0 Å². The maximum atomic E-state index is 8.85. The summed E-state index contributed by atoms with van der Waals surface area (Å²) in [5.74, 6) is 2.33. The molecule has 0 saturated carbocycles.